The summed E-state index contributed by atoms with van der Waals surface area (Å²) >= 11 is 0. The molecule has 0 fully saturated rings. The topological polar surface area (TPSA) is 8.17 Å². The largest absolute Gasteiger partial charge is 0.341 e. The zero-order valence-corrected chi connectivity index (χ0v) is 16.8. The van der Waals surface area contributed by atoms with Crippen molar-refractivity contribution in [1.82, 2.24) is 9.47 Å². The molecule has 2 heterocycles. The number of nitrogens with zero attached hydrogens (tertiary/aromatic N) is 2. The molecule has 1 aliphatic heterocycles. The zero-order valence-electron chi connectivity index (χ0n) is 16.8. The van der Waals surface area contributed by atoms with Crippen LogP contribution in [0.3, 0.4) is 0 Å². The van der Waals surface area contributed by atoms with Gasteiger partial charge in [-0.1, -0.05) is 42.8 Å². The van der Waals surface area contributed by atoms with Crippen molar-refractivity contribution in [3.05, 3.63) is 70.2 Å². The van der Waals surface area contributed by atoms with Gasteiger partial charge in [0.1, 0.15) is 5.82 Å². The Bertz CT molecular complexity index is 968. The molecule has 1 atom stereocenters. The summed E-state index contributed by atoms with van der Waals surface area (Å²) in [5.41, 5.74) is 7.24. The highest BCUT2D eigenvalue weighted by atomic mass is 19.1. The van der Waals surface area contributed by atoms with Gasteiger partial charge >= 0.3 is 0 Å². The Balaban J connectivity index is 1.81. The van der Waals surface area contributed by atoms with Crippen LogP contribution < -0.4 is 0 Å². The second kappa shape index (κ2) is 7.12. The molecule has 4 rings (SSSR count). The lowest BCUT2D eigenvalue weighted by molar-refractivity contribution is 0.192. The SMILES string of the molecule is CCN1Cc2c(n(CCc3ccc(C)cc3)c3c(F)ccc(C)c23)CC1C. The van der Waals surface area contributed by atoms with Crippen molar-refractivity contribution in [3.63, 3.8) is 0 Å². The lowest BCUT2D eigenvalue weighted by Crippen LogP contribution is -2.38. The van der Waals surface area contributed by atoms with Crippen molar-refractivity contribution in [1.29, 1.82) is 0 Å². The van der Waals surface area contributed by atoms with Crippen LogP contribution in [0.1, 0.15) is 41.8 Å². The number of hydrogen-bond acceptors (Lipinski definition) is 1. The second-order valence-corrected chi connectivity index (χ2v) is 8.02. The molecule has 27 heavy (non-hydrogen) atoms. The van der Waals surface area contributed by atoms with Gasteiger partial charge in [0, 0.05) is 36.6 Å². The van der Waals surface area contributed by atoms with E-state index in [-0.39, 0.29) is 5.82 Å². The Morgan fingerprint density at radius 2 is 1.81 bits per heavy atom. The number of fused-ring (bicyclic) bond motifs is 3. The first kappa shape index (κ1) is 18.2. The van der Waals surface area contributed by atoms with Crippen LogP contribution in [0.2, 0.25) is 0 Å². The van der Waals surface area contributed by atoms with Crippen molar-refractivity contribution in [2.75, 3.05) is 6.54 Å². The van der Waals surface area contributed by atoms with Crippen LogP contribution in [-0.2, 0) is 25.9 Å². The standard InChI is InChI=1S/C24H29FN2/c1-5-26-15-20-22(14-18(26)4)27(13-12-19-9-6-16(2)7-10-19)24-21(25)11-8-17(3)23(20)24/h6-11,18H,5,12-15H2,1-4H3. The Kier molecular flexibility index (Phi) is 4.81. The van der Waals surface area contributed by atoms with E-state index >= 15 is 0 Å². The molecule has 142 valence electrons. The molecule has 2 nitrogen and oxygen atoms in total. The summed E-state index contributed by atoms with van der Waals surface area (Å²) in [7, 11) is 0. The minimum Gasteiger partial charge on any atom is -0.341 e. The first-order valence-electron chi connectivity index (χ1n) is 10.1. The fourth-order valence-corrected chi connectivity index (χ4v) is 4.59. The average Bonchev–Trinajstić information content (AvgIpc) is 2.98. The molecule has 0 saturated heterocycles. The van der Waals surface area contributed by atoms with Gasteiger partial charge in [0.05, 0.1) is 5.52 Å². The van der Waals surface area contributed by atoms with Crippen molar-refractivity contribution in [2.24, 2.45) is 0 Å². The fourth-order valence-electron chi connectivity index (χ4n) is 4.59. The Labute approximate surface area is 161 Å². The summed E-state index contributed by atoms with van der Waals surface area (Å²) in [5.74, 6) is -0.0930. The molecular weight excluding hydrogens is 335 g/mol. The van der Waals surface area contributed by atoms with E-state index in [2.05, 4.69) is 61.4 Å². The molecule has 0 N–H and O–H groups in total. The number of benzene rings is 2. The summed E-state index contributed by atoms with van der Waals surface area (Å²) in [6.45, 7) is 11.5. The van der Waals surface area contributed by atoms with Crippen LogP contribution in [0, 0.1) is 19.7 Å². The van der Waals surface area contributed by atoms with Gasteiger partial charge in [-0.2, -0.15) is 0 Å². The molecule has 3 heteroatoms. The normalized spacial score (nSPS) is 17.4. The maximum atomic E-state index is 14.9. The maximum absolute atomic E-state index is 14.9. The van der Waals surface area contributed by atoms with E-state index in [0.29, 0.717) is 6.04 Å². The Morgan fingerprint density at radius 3 is 2.52 bits per heavy atom. The van der Waals surface area contributed by atoms with Gasteiger partial charge in [0.15, 0.2) is 0 Å². The number of halogens is 1. The van der Waals surface area contributed by atoms with Gasteiger partial charge in [-0.05, 0) is 56.5 Å². The highest BCUT2D eigenvalue weighted by molar-refractivity contribution is 5.89. The van der Waals surface area contributed by atoms with Crippen LogP contribution >= 0.6 is 0 Å². The molecule has 2 aromatic carbocycles. The summed E-state index contributed by atoms with van der Waals surface area (Å²) in [6.07, 6.45) is 1.92. The van der Waals surface area contributed by atoms with Crippen LogP contribution in [0.15, 0.2) is 36.4 Å². The Morgan fingerprint density at radius 1 is 1.07 bits per heavy atom. The third kappa shape index (κ3) is 3.19. The maximum Gasteiger partial charge on any atom is 0.147 e. The minimum absolute atomic E-state index is 0.0930. The number of aryl methyl sites for hydroxylation is 4. The number of hydrogen-bond donors (Lipinski definition) is 0. The summed E-state index contributed by atoms with van der Waals surface area (Å²) in [4.78, 5) is 2.50. The van der Waals surface area contributed by atoms with Gasteiger partial charge in [0.2, 0.25) is 0 Å². The highest BCUT2D eigenvalue weighted by Gasteiger charge is 2.29. The number of aromatic nitrogens is 1. The van der Waals surface area contributed by atoms with E-state index in [1.165, 1.54) is 27.9 Å². The number of likely N-dealkylation sites (N-methyl/N-ethyl adjacent to an activating group) is 1. The van der Waals surface area contributed by atoms with Crippen LogP contribution in [0.4, 0.5) is 4.39 Å². The van der Waals surface area contributed by atoms with Crippen LogP contribution in [0.5, 0.6) is 0 Å². The molecular formula is C24H29FN2. The molecule has 0 saturated carbocycles. The van der Waals surface area contributed by atoms with E-state index in [0.717, 1.165) is 43.4 Å². The van der Waals surface area contributed by atoms with Gasteiger partial charge in [0.25, 0.3) is 0 Å². The van der Waals surface area contributed by atoms with Crippen molar-refractivity contribution < 1.29 is 4.39 Å². The lowest BCUT2D eigenvalue weighted by atomic mass is 9.97. The summed E-state index contributed by atoms with van der Waals surface area (Å²) in [5, 5.41) is 1.14. The predicted octanol–water partition coefficient (Wildman–Crippen LogP) is 5.41. The third-order valence-electron chi connectivity index (χ3n) is 6.21. The molecule has 1 aromatic heterocycles. The minimum atomic E-state index is -0.0930. The molecule has 0 radical (unpaired) electrons. The zero-order chi connectivity index (χ0) is 19.1. The third-order valence-corrected chi connectivity index (χ3v) is 6.21. The average molecular weight is 365 g/mol. The lowest BCUT2D eigenvalue weighted by Gasteiger charge is -2.33. The molecule has 0 aliphatic carbocycles. The first-order chi connectivity index (χ1) is 13.0. The van der Waals surface area contributed by atoms with Crippen molar-refractivity contribution in [2.45, 2.75) is 59.7 Å². The van der Waals surface area contributed by atoms with Gasteiger partial charge < -0.3 is 4.57 Å². The van der Waals surface area contributed by atoms with Crippen molar-refractivity contribution >= 4 is 10.9 Å². The summed E-state index contributed by atoms with van der Waals surface area (Å²) < 4.78 is 17.2. The predicted molar refractivity (Wildman–Crippen MR) is 111 cm³/mol. The highest BCUT2D eigenvalue weighted by Crippen LogP contribution is 2.36. The van der Waals surface area contributed by atoms with Gasteiger partial charge in [-0.25, -0.2) is 4.39 Å². The second-order valence-electron chi connectivity index (χ2n) is 8.02. The number of rotatable bonds is 4. The molecule has 0 spiro atoms. The molecule has 3 aromatic rings. The molecule has 0 amide bonds. The Hall–Kier alpha value is -2.13. The van der Waals surface area contributed by atoms with E-state index in [4.69, 9.17) is 0 Å². The van der Waals surface area contributed by atoms with Crippen molar-refractivity contribution in [3.8, 4) is 0 Å². The molecule has 0 bridgehead atoms. The van der Waals surface area contributed by atoms with E-state index in [9.17, 15) is 4.39 Å². The quantitative estimate of drug-likeness (QED) is 0.601. The van der Waals surface area contributed by atoms with Crippen LogP contribution in [0.25, 0.3) is 10.9 Å². The van der Waals surface area contributed by atoms with Gasteiger partial charge in [-0.3, -0.25) is 4.90 Å². The molecule has 1 unspecified atom stereocenters. The van der Waals surface area contributed by atoms with E-state index in [1.54, 1.807) is 6.07 Å². The van der Waals surface area contributed by atoms with E-state index in [1.807, 2.05) is 6.07 Å². The monoisotopic (exact) mass is 364 g/mol. The van der Waals surface area contributed by atoms with Crippen LogP contribution in [-0.4, -0.2) is 22.1 Å². The van der Waals surface area contributed by atoms with Gasteiger partial charge in [-0.15, -0.1) is 0 Å². The molecule has 1 aliphatic rings. The van der Waals surface area contributed by atoms with E-state index < -0.39 is 0 Å². The fraction of sp³-hybridized carbons (Fsp3) is 0.417. The first-order valence-corrected chi connectivity index (χ1v) is 10.1. The summed E-state index contributed by atoms with van der Waals surface area (Å²) in [6, 6.07) is 12.7. The smallest absolute Gasteiger partial charge is 0.147 e.